The van der Waals surface area contributed by atoms with E-state index in [0.717, 1.165) is 46.5 Å². The lowest BCUT2D eigenvalue weighted by Gasteiger charge is -2.07. The minimum atomic E-state index is -0.213. The summed E-state index contributed by atoms with van der Waals surface area (Å²) in [7, 11) is 0. The monoisotopic (exact) mass is 396 g/mol. The van der Waals surface area contributed by atoms with Crippen LogP contribution in [0.2, 0.25) is 0 Å². The Kier molecular flexibility index (Phi) is 6.07. The first kappa shape index (κ1) is 20.0. The molecule has 4 aromatic rings. The first-order valence-corrected chi connectivity index (χ1v) is 8.96. The summed E-state index contributed by atoms with van der Waals surface area (Å²) in [6.45, 7) is 5.47. The first-order valence-electron chi connectivity index (χ1n) is 8.96. The number of aryl methyl sites for hydroxylation is 2. The zero-order valence-corrected chi connectivity index (χ0v) is 16.6. The third kappa shape index (κ3) is 3.91. The minimum absolute atomic E-state index is 0. The van der Waals surface area contributed by atoms with E-state index in [9.17, 15) is 4.39 Å². The fourth-order valence-electron chi connectivity index (χ4n) is 3.35. The number of halogens is 2. The Morgan fingerprint density at radius 1 is 1.07 bits per heavy atom. The van der Waals surface area contributed by atoms with E-state index in [4.69, 9.17) is 0 Å². The highest BCUT2D eigenvalue weighted by molar-refractivity contribution is 5.91. The quantitative estimate of drug-likeness (QED) is 0.494. The van der Waals surface area contributed by atoms with Crippen LogP contribution in [0.25, 0.3) is 22.2 Å². The van der Waals surface area contributed by atoms with Crippen LogP contribution in [0.5, 0.6) is 0 Å². The molecule has 0 aliphatic carbocycles. The molecule has 2 N–H and O–H groups in total. The summed E-state index contributed by atoms with van der Waals surface area (Å²) in [5.41, 5.74) is 6.78. The van der Waals surface area contributed by atoms with Crippen molar-refractivity contribution >= 4 is 23.3 Å². The Balaban J connectivity index is 0.00000225. The number of nitrogens with zero attached hydrogens (tertiary/aromatic N) is 2. The number of aromatic amines is 1. The van der Waals surface area contributed by atoms with Gasteiger partial charge in [-0.25, -0.2) is 14.4 Å². The van der Waals surface area contributed by atoms with Crippen molar-refractivity contribution in [3.8, 4) is 11.3 Å². The van der Waals surface area contributed by atoms with Gasteiger partial charge in [0.15, 0.2) is 0 Å². The summed E-state index contributed by atoms with van der Waals surface area (Å²) < 4.78 is 14.2. The molecule has 4 rings (SSSR count). The van der Waals surface area contributed by atoms with Crippen LogP contribution in [-0.2, 0) is 13.1 Å². The lowest BCUT2D eigenvalue weighted by Crippen LogP contribution is -2.14. The van der Waals surface area contributed by atoms with Crippen molar-refractivity contribution in [2.24, 2.45) is 0 Å². The van der Waals surface area contributed by atoms with Crippen LogP contribution < -0.4 is 5.32 Å². The van der Waals surface area contributed by atoms with Crippen LogP contribution in [0.3, 0.4) is 0 Å². The van der Waals surface area contributed by atoms with Gasteiger partial charge in [0.2, 0.25) is 0 Å². The topological polar surface area (TPSA) is 53.6 Å². The number of aromatic nitrogens is 3. The number of hydrogen-bond acceptors (Lipinski definition) is 3. The molecule has 0 saturated heterocycles. The van der Waals surface area contributed by atoms with Crippen LogP contribution >= 0.6 is 12.4 Å². The molecule has 0 aliphatic rings. The molecule has 0 radical (unpaired) electrons. The molecule has 144 valence electrons. The van der Waals surface area contributed by atoms with Crippen molar-refractivity contribution in [1.29, 1.82) is 0 Å². The molecule has 2 aromatic heterocycles. The normalized spacial score (nSPS) is 10.8. The number of H-pyrrole nitrogens is 1. The highest BCUT2D eigenvalue weighted by atomic mass is 35.5. The minimum Gasteiger partial charge on any atom is -0.354 e. The molecule has 4 nitrogen and oxygen atoms in total. The van der Waals surface area contributed by atoms with Crippen molar-refractivity contribution < 1.29 is 4.39 Å². The molecule has 0 amide bonds. The number of benzene rings is 2. The molecule has 2 aromatic carbocycles. The van der Waals surface area contributed by atoms with Crippen molar-refractivity contribution in [1.82, 2.24) is 20.3 Å². The summed E-state index contributed by atoms with van der Waals surface area (Å²) >= 11 is 0. The van der Waals surface area contributed by atoms with Gasteiger partial charge in [-0.3, -0.25) is 0 Å². The Morgan fingerprint density at radius 3 is 2.68 bits per heavy atom. The molecule has 0 atom stereocenters. The number of nitrogens with one attached hydrogen (secondary N) is 2. The second-order valence-electron chi connectivity index (χ2n) is 6.72. The molecule has 0 bridgehead atoms. The lowest BCUT2D eigenvalue weighted by atomic mass is 10.0. The Morgan fingerprint density at radius 2 is 1.89 bits per heavy atom. The van der Waals surface area contributed by atoms with E-state index in [0.29, 0.717) is 5.56 Å². The number of hydrogen-bond donors (Lipinski definition) is 2. The Bertz CT molecular complexity index is 1110. The van der Waals surface area contributed by atoms with Crippen LogP contribution in [0.15, 0.2) is 55.0 Å². The van der Waals surface area contributed by atoms with Gasteiger partial charge in [-0.2, -0.15) is 0 Å². The molecule has 28 heavy (non-hydrogen) atoms. The van der Waals surface area contributed by atoms with Gasteiger partial charge in [0.25, 0.3) is 0 Å². The average molecular weight is 397 g/mol. The van der Waals surface area contributed by atoms with Gasteiger partial charge in [0.1, 0.15) is 12.1 Å². The van der Waals surface area contributed by atoms with Gasteiger partial charge >= 0.3 is 0 Å². The zero-order valence-electron chi connectivity index (χ0n) is 15.8. The van der Waals surface area contributed by atoms with Gasteiger partial charge < -0.3 is 10.3 Å². The SMILES string of the molecule is Cc1ncncc1CNCc1ccc2[nH]c(-c3ccccc3F)c(C)c2c1.Cl. The van der Waals surface area contributed by atoms with Gasteiger partial charge in [0, 0.05) is 47.0 Å². The van der Waals surface area contributed by atoms with Gasteiger partial charge in [-0.1, -0.05) is 18.2 Å². The second-order valence-corrected chi connectivity index (χ2v) is 6.72. The number of rotatable bonds is 5. The van der Waals surface area contributed by atoms with E-state index in [1.807, 2.05) is 26.1 Å². The average Bonchev–Trinajstić information content (AvgIpc) is 3.00. The van der Waals surface area contributed by atoms with Gasteiger partial charge in [0.05, 0.1) is 5.69 Å². The van der Waals surface area contributed by atoms with E-state index in [1.165, 1.54) is 11.6 Å². The fourth-order valence-corrected chi connectivity index (χ4v) is 3.35. The Hall–Kier alpha value is -2.76. The van der Waals surface area contributed by atoms with E-state index < -0.39 is 0 Å². The Labute approximate surface area is 169 Å². The molecular weight excluding hydrogens is 375 g/mol. The maximum atomic E-state index is 14.2. The zero-order chi connectivity index (χ0) is 18.8. The summed E-state index contributed by atoms with van der Waals surface area (Å²) in [5.74, 6) is -0.213. The summed E-state index contributed by atoms with van der Waals surface area (Å²) in [6.07, 6.45) is 3.41. The smallest absolute Gasteiger partial charge is 0.132 e. The van der Waals surface area contributed by atoms with Crippen molar-refractivity contribution in [3.63, 3.8) is 0 Å². The molecule has 0 aliphatic heterocycles. The third-order valence-corrected chi connectivity index (χ3v) is 4.92. The highest BCUT2D eigenvalue weighted by Gasteiger charge is 2.13. The third-order valence-electron chi connectivity index (χ3n) is 4.92. The largest absolute Gasteiger partial charge is 0.354 e. The molecular formula is C22H22ClFN4. The molecule has 0 saturated carbocycles. The highest BCUT2D eigenvalue weighted by Crippen LogP contribution is 2.31. The van der Waals surface area contributed by atoms with E-state index in [1.54, 1.807) is 18.5 Å². The summed E-state index contributed by atoms with van der Waals surface area (Å²) in [6, 6.07) is 13.2. The summed E-state index contributed by atoms with van der Waals surface area (Å²) in [4.78, 5) is 11.6. The first-order chi connectivity index (χ1) is 13.1. The second kappa shape index (κ2) is 8.50. The van der Waals surface area contributed by atoms with E-state index in [-0.39, 0.29) is 18.2 Å². The maximum Gasteiger partial charge on any atom is 0.132 e. The molecule has 0 fully saturated rings. The number of fused-ring (bicyclic) bond motifs is 1. The predicted molar refractivity (Wildman–Crippen MR) is 113 cm³/mol. The van der Waals surface area contributed by atoms with Crippen LogP contribution in [0, 0.1) is 19.7 Å². The summed E-state index contributed by atoms with van der Waals surface area (Å²) in [5, 5.41) is 4.56. The standard InChI is InChI=1S/C22H21FN4.ClH/c1-14-19-9-16(10-24-11-17-12-25-13-26-15(17)2)7-8-21(19)27-22(14)18-5-3-4-6-20(18)23;/h3-9,12-13,24,27H,10-11H2,1-2H3;1H. The van der Waals surface area contributed by atoms with Crippen LogP contribution in [-0.4, -0.2) is 15.0 Å². The fraction of sp³-hybridized carbons (Fsp3) is 0.182. The van der Waals surface area contributed by atoms with Crippen LogP contribution in [0.1, 0.15) is 22.4 Å². The van der Waals surface area contributed by atoms with E-state index in [2.05, 4.69) is 38.5 Å². The lowest BCUT2D eigenvalue weighted by molar-refractivity contribution is 0.631. The molecule has 2 heterocycles. The van der Waals surface area contributed by atoms with Gasteiger partial charge in [-0.05, 0) is 49.2 Å². The molecule has 6 heteroatoms. The van der Waals surface area contributed by atoms with E-state index >= 15 is 0 Å². The van der Waals surface area contributed by atoms with Crippen molar-refractivity contribution in [3.05, 3.63) is 83.2 Å². The molecule has 0 spiro atoms. The van der Waals surface area contributed by atoms with Crippen molar-refractivity contribution in [2.75, 3.05) is 0 Å². The van der Waals surface area contributed by atoms with Crippen LogP contribution in [0.4, 0.5) is 4.39 Å². The molecule has 0 unspecified atom stereocenters. The predicted octanol–water partition coefficient (Wildman–Crippen LogP) is 5.09. The maximum absolute atomic E-state index is 14.2. The van der Waals surface area contributed by atoms with Gasteiger partial charge in [-0.15, -0.1) is 12.4 Å². The van der Waals surface area contributed by atoms with Crippen molar-refractivity contribution in [2.45, 2.75) is 26.9 Å².